The number of aliphatic hydroxyl groups excluding tert-OH is 1. The lowest BCUT2D eigenvalue weighted by Crippen LogP contribution is -2.55. The predicted molar refractivity (Wildman–Crippen MR) is 128 cm³/mol. The number of nitrogens with one attached hydrogen (secondary N) is 1. The van der Waals surface area contributed by atoms with Crippen molar-refractivity contribution in [3.05, 3.63) is 76.8 Å². The zero-order chi connectivity index (χ0) is 23.5. The average Bonchev–Trinajstić information content (AvgIpc) is 3.26. The first-order chi connectivity index (χ1) is 15.9. The first kappa shape index (κ1) is 23.3. The van der Waals surface area contributed by atoms with Crippen molar-refractivity contribution in [3.63, 3.8) is 0 Å². The maximum absolute atomic E-state index is 13.0. The number of amides is 1. The number of aromatic nitrogens is 2. The lowest BCUT2D eigenvalue weighted by Gasteiger charge is -2.40. The minimum atomic E-state index is -0.612. The molecule has 3 unspecified atom stereocenters. The Morgan fingerprint density at radius 1 is 1.30 bits per heavy atom. The summed E-state index contributed by atoms with van der Waals surface area (Å²) in [7, 11) is 1.57. The number of carbonyl (C=O) groups is 1. The van der Waals surface area contributed by atoms with E-state index in [1.807, 2.05) is 48.0 Å². The topological polar surface area (TPSA) is 79.6 Å². The zero-order valence-corrected chi connectivity index (χ0v) is 19.8. The van der Waals surface area contributed by atoms with Crippen LogP contribution in [0.5, 0.6) is 5.75 Å². The second kappa shape index (κ2) is 9.95. The summed E-state index contributed by atoms with van der Waals surface area (Å²) < 4.78 is 7.38. The van der Waals surface area contributed by atoms with E-state index in [4.69, 9.17) is 16.3 Å². The number of ether oxygens (including phenoxy) is 1. The summed E-state index contributed by atoms with van der Waals surface area (Å²) in [5.74, 6) is 0.316. The number of likely N-dealkylation sites (tertiary alicyclic amines) is 1. The normalized spacial score (nSPS) is 19.8. The Kier molecular flexibility index (Phi) is 7.02. The average molecular weight is 469 g/mol. The van der Waals surface area contributed by atoms with Crippen LogP contribution >= 0.6 is 11.6 Å². The third kappa shape index (κ3) is 5.05. The summed E-state index contributed by atoms with van der Waals surface area (Å²) in [6.45, 7) is 5.27. The molecule has 8 heteroatoms. The number of imidazole rings is 1. The number of hydrogen-bond donors (Lipinski definition) is 2. The van der Waals surface area contributed by atoms with Crippen LogP contribution < -0.4 is 10.1 Å². The van der Waals surface area contributed by atoms with Crippen LogP contribution in [0.1, 0.15) is 41.0 Å². The van der Waals surface area contributed by atoms with Crippen molar-refractivity contribution in [3.8, 4) is 11.4 Å². The Morgan fingerprint density at radius 2 is 2.09 bits per heavy atom. The minimum absolute atomic E-state index is 0.0728. The fourth-order valence-electron chi connectivity index (χ4n) is 4.31. The van der Waals surface area contributed by atoms with Crippen LogP contribution in [0.2, 0.25) is 5.02 Å². The van der Waals surface area contributed by atoms with Crippen molar-refractivity contribution in [1.82, 2.24) is 19.8 Å². The molecule has 1 aliphatic heterocycles. The van der Waals surface area contributed by atoms with E-state index in [9.17, 15) is 9.90 Å². The van der Waals surface area contributed by atoms with E-state index in [0.717, 1.165) is 28.5 Å². The molecule has 2 heterocycles. The quantitative estimate of drug-likeness (QED) is 0.575. The fraction of sp³-hybridized carbons (Fsp3) is 0.360. The van der Waals surface area contributed by atoms with Gasteiger partial charge in [0.05, 0.1) is 37.0 Å². The first-order valence-electron chi connectivity index (χ1n) is 11.0. The summed E-state index contributed by atoms with van der Waals surface area (Å²) in [5, 5.41) is 14.3. The molecule has 0 spiro atoms. The lowest BCUT2D eigenvalue weighted by atomic mass is 9.97. The number of halogens is 1. The SMILES string of the molecule is COc1cc(C(=O)NC2CN(C(C)c3ccccc3Cl)CCC2O)ccc1-n1cnc(C)c1. The van der Waals surface area contributed by atoms with Gasteiger partial charge in [-0.05, 0) is 50.1 Å². The van der Waals surface area contributed by atoms with E-state index in [1.165, 1.54) is 0 Å². The number of nitrogens with zero attached hydrogens (tertiary/aromatic N) is 3. The van der Waals surface area contributed by atoms with Gasteiger partial charge in [-0.1, -0.05) is 29.8 Å². The van der Waals surface area contributed by atoms with Crippen LogP contribution in [0.25, 0.3) is 5.69 Å². The molecule has 1 amide bonds. The van der Waals surface area contributed by atoms with E-state index in [2.05, 4.69) is 22.1 Å². The van der Waals surface area contributed by atoms with Crippen LogP contribution in [0, 0.1) is 6.92 Å². The van der Waals surface area contributed by atoms with E-state index in [-0.39, 0.29) is 11.9 Å². The van der Waals surface area contributed by atoms with Crippen LogP contribution in [-0.2, 0) is 0 Å². The molecule has 1 aromatic heterocycles. The molecule has 0 radical (unpaired) electrons. The summed E-state index contributed by atoms with van der Waals surface area (Å²) in [4.78, 5) is 19.5. The largest absolute Gasteiger partial charge is 0.495 e. The fourth-order valence-corrected chi connectivity index (χ4v) is 4.60. The molecule has 0 bridgehead atoms. The van der Waals surface area contributed by atoms with E-state index < -0.39 is 12.1 Å². The van der Waals surface area contributed by atoms with E-state index >= 15 is 0 Å². The highest BCUT2D eigenvalue weighted by molar-refractivity contribution is 6.31. The number of methoxy groups -OCH3 is 1. The Labute approximate surface area is 199 Å². The number of aryl methyl sites for hydroxylation is 1. The van der Waals surface area contributed by atoms with Gasteiger partial charge >= 0.3 is 0 Å². The molecular weight excluding hydrogens is 440 g/mol. The van der Waals surface area contributed by atoms with E-state index in [1.54, 1.807) is 25.6 Å². The maximum atomic E-state index is 13.0. The van der Waals surface area contributed by atoms with Crippen molar-refractivity contribution in [2.45, 2.75) is 38.5 Å². The van der Waals surface area contributed by atoms with Crippen molar-refractivity contribution in [1.29, 1.82) is 0 Å². The molecule has 3 atom stereocenters. The van der Waals surface area contributed by atoms with Crippen molar-refractivity contribution >= 4 is 17.5 Å². The van der Waals surface area contributed by atoms with Crippen molar-refractivity contribution < 1.29 is 14.6 Å². The van der Waals surface area contributed by atoms with Gasteiger partial charge in [-0.25, -0.2) is 4.98 Å². The van der Waals surface area contributed by atoms with Gasteiger partial charge in [0.25, 0.3) is 5.91 Å². The van der Waals surface area contributed by atoms with Gasteiger partial charge in [0.2, 0.25) is 0 Å². The molecule has 0 aliphatic carbocycles. The predicted octanol–water partition coefficient (Wildman–Crippen LogP) is 3.77. The second-order valence-electron chi connectivity index (χ2n) is 8.44. The van der Waals surface area contributed by atoms with Gasteiger partial charge in [0.1, 0.15) is 5.75 Å². The van der Waals surface area contributed by atoms with Crippen LogP contribution in [0.3, 0.4) is 0 Å². The highest BCUT2D eigenvalue weighted by Crippen LogP contribution is 2.30. The Morgan fingerprint density at radius 3 is 2.79 bits per heavy atom. The van der Waals surface area contributed by atoms with Gasteiger partial charge in [0.15, 0.2) is 0 Å². The van der Waals surface area contributed by atoms with Crippen molar-refractivity contribution in [2.24, 2.45) is 0 Å². The highest BCUT2D eigenvalue weighted by Gasteiger charge is 2.32. The standard InChI is InChI=1S/C25H29ClN4O3/c1-16-13-30(15-27-16)22-9-8-18(12-24(22)33-3)25(32)28-21-14-29(11-10-23(21)31)17(2)19-6-4-5-7-20(19)26/h4-9,12-13,15,17,21,23,31H,10-11,14H2,1-3H3,(H,28,32). The molecule has 2 aromatic carbocycles. The summed E-state index contributed by atoms with van der Waals surface area (Å²) in [6.07, 6.45) is 3.56. The Balaban J connectivity index is 1.48. The third-order valence-corrected chi connectivity index (χ3v) is 6.60. The lowest BCUT2D eigenvalue weighted by molar-refractivity contribution is 0.0304. The molecule has 1 aliphatic rings. The molecule has 33 heavy (non-hydrogen) atoms. The van der Waals surface area contributed by atoms with E-state index in [0.29, 0.717) is 24.3 Å². The molecule has 2 N–H and O–H groups in total. The van der Waals surface area contributed by atoms with Gasteiger partial charge in [0, 0.05) is 35.9 Å². The number of carbonyl (C=O) groups excluding carboxylic acids is 1. The number of aliphatic hydroxyl groups is 1. The van der Waals surface area contributed by atoms with Crippen molar-refractivity contribution in [2.75, 3.05) is 20.2 Å². The molecule has 0 saturated carbocycles. The molecule has 4 rings (SSSR count). The minimum Gasteiger partial charge on any atom is -0.495 e. The number of rotatable bonds is 6. The Hall–Kier alpha value is -2.87. The smallest absolute Gasteiger partial charge is 0.251 e. The summed E-state index contributed by atoms with van der Waals surface area (Å²) in [5.41, 5.74) is 3.19. The van der Waals surface area contributed by atoms with Crippen LogP contribution in [-0.4, -0.2) is 57.8 Å². The zero-order valence-electron chi connectivity index (χ0n) is 19.0. The maximum Gasteiger partial charge on any atom is 0.251 e. The Bertz CT molecular complexity index is 1130. The third-order valence-electron chi connectivity index (χ3n) is 6.26. The van der Waals surface area contributed by atoms with Gasteiger partial charge in [-0.2, -0.15) is 0 Å². The summed E-state index contributed by atoms with van der Waals surface area (Å²) >= 11 is 6.39. The number of hydrogen-bond acceptors (Lipinski definition) is 5. The molecule has 7 nitrogen and oxygen atoms in total. The summed E-state index contributed by atoms with van der Waals surface area (Å²) in [6, 6.07) is 12.8. The molecule has 1 fully saturated rings. The molecule has 1 saturated heterocycles. The second-order valence-corrected chi connectivity index (χ2v) is 8.84. The number of piperidine rings is 1. The molecular formula is C25H29ClN4O3. The first-order valence-corrected chi connectivity index (χ1v) is 11.4. The number of benzene rings is 2. The van der Waals surface area contributed by atoms with Gasteiger partial charge in [-0.15, -0.1) is 0 Å². The molecule has 3 aromatic rings. The van der Waals surface area contributed by atoms with Gasteiger partial charge in [-0.3, -0.25) is 9.69 Å². The van der Waals surface area contributed by atoms with Crippen LogP contribution in [0.4, 0.5) is 0 Å². The molecule has 174 valence electrons. The monoisotopic (exact) mass is 468 g/mol. The highest BCUT2D eigenvalue weighted by atomic mass is 35.5. The van der Waals surface area contributed by atoms with Gasteiger partial charge < -0.3 is 19.7 Å². The van der Waals surface area contributed by atoms with Crippen LogP contribution in [0.15, 0.2) is 55.0 Å².